The first kappa shape index (κ1) is 15.8. The topological polar surface area (TPSA) is 61.9 Å². The summed E-state index contributed by atoms with van der Waals surface area (Å²) in [6.07, 6.45) is 2.71. The summed E-state index contributed by atoms with van der Waals surface area (Å²) in [5, 5.41) is 1.90. The molecule has 0 bridgehead atoms. The Kier molecular flexibility index (Phi) is 4.54. The Morgan fingerprint density at radius 1 is 1.39 bits per heavy atom. The molecule has 0 amide bonds. The van der Waals surface area contributed by atoms with Crippen LogP contribution in [0.3, 0.4) is 0 Å². The molecular formula is C17H20N4OS. The quantitative estimate of drug-likeness (QED) is 0.782. The van der Waals surface area contributed by atoms with Crippen LogP contribution in [0, 0.1) is 6.92 Å². The average Bonchev–Trinajstić information content (AvgIpc) is 2.96. The minimum absolute atomic E-state index is 0.0543. The van der Waals surface area contributed by atoms with Crippen molar-refractivity contribution in [3.63, 3.8) is 0 Å². The molecule has 6 heteroatoms. The lowest BCUT2D eigenvalue weighted by molar-refractivity contribution is 0.241. The van der Waals surface area contributed by atoms with Gasteiger partial charge in [0.05, 0.1) is 12.1 Å². The van der Waals surface area contributed by atoms with Gasteiger partial charge in [0.15, 0.2) is 0 Å². The molecule has 3 aromatic rings. The lowest BCUT2D eigenvalue weighted by atomic mass is 10.1. The number of hydrogen-bond acceptors (Lipinski definition) is 5. The summed E-state index contributed by atoms with van der Waals surface area (Å²) in [7, 11) is 2.04. The summed E-state index contributed by atoms with van der Waals surface area (Å²) < 4.78 is 0.688. The van der Waals surface area contributed by atoms with E-state index in [1.54, 1.807) is 0 Å². The molecule has 120 valence electrons. The lowest BCUT2D eigenvalue weighted by Crippen LogP contribution is -2.32. The predicted octanol–water partition coefficient (Wildman–Crippen LogP) is 2.75. The highest BCUT2D eigenvalue weighted by atomic mass is 32.1. The van der Waals surface area contributed by atoms with Gasteiger partial charge in [-0.3, -0.25) is 14.7 Å². The van der Waals surface area contributed by atoms with Crippen LogP contribution in [0.4, 0.5) is 0 Å². The van der Waals surface area contributed by atoms with Crippen LogP contribution in [0.15, 0.2) is 34.6 Å². The Balaban J connectivity index is 1.72. The molecule has 0 aliphatic heterocycles. The van der Waals surface area contributed by atoms with E-state index in [1.165, 1.54) is 16.9 Å². The monoisotopic (exact) mass is 328 g/mol. The number of aryl methyl sites for hydroxylation is 1. The number of nitrogens with zero attached hydrogens (tertiary/aromatic N) is 3. The van der Waals surface area contributed by atoms with Gasteiger partial charge in [0, 0.05) is 24.4 Å². The number of fused-ring (bicyclic) bond motifs is 1. The molecule has 0 saturated carbocycles. The SMILES string of the molecule is Cc1ccnc(C[C@@H](C)N(C)Cc2nc3ccsc3c(=O)[nH]2)c1. The van der Waals surface area contributed by atoms with Crippen molar-refractivity contribution >= 4 is 21.6 Å². The zero-order valence-electron chi connectivity index (χ0n) is 13.5. The fourth-order valence-corrected chi connectivity index (χ4v) is 3.28. The normalized spacial score (nSPS) is 12.9. The van der Waals surface area contributed by atoms with Crippen molar-refractivity contribution in [1.82, 2.24) is 19.9 Å². The zero-order chi connectivity index (χ0) is 16.4. The Morgan fingerprint density at radius 2 is 2.22 bits per heavy atom. The first-order chi connectivity index (χ1) is 11.0. The van der Waals surface area contributed by atoms with E-state index in [0.29, 0.717) is 23.1 Å². The second-order valence-corrected chi connectivity index (χ2v) is 6.86. The summed E-state index contributed by atoms with van der Waals surface area (Å²) in [4.78, 5) is 26.0. The van der Waals surface area contributed by atoms with E-state index < -0.39 is 0 Å². The molecule has 0 fully saturated rings. The van der Waals surface area contributed by atoms with Gasteiger partial charge in [0.1, 0.15) is 10.5 Å². The molecule has 1 atom stereocenters. The fraction of sp³-hybridized carbons (Fsp3) is 0.353. The maximum absolute atomic E-state index is 12.0. The highest BCUT2D eigenvalue weighted by Gasteiger charge is 2.13. The second-order valence-electron chi connectivity index (χ2n) is 5.94. The Bertz CT molecular complexity index is 870. The molecule has 0 aromatic carbocycles. The van der Waals surface area contributed by atoms with Gasteiger partial charge in [-0.25, -0.2) is 4.98 Å². The van der Waals surface area contributed by atoms with E-state index in [2.05, 4.69) is 39.8 Å². The number of hydrogen-bond donors (Lipinski definition) is 1. The van der Waals surface area contributed by atoms with E-state index in [4.69, 9.17) is 0 Å². The lowest BCUT2D eigenvalue weighted by Gasteiger charge is -2.24. The van der Waals surface area contributed by atoms with Crippen molar-refractivity contribution in [3.05, 3.63) is 57.2 Å². The highest BCUT2D eigenvalue weighted by molar-refractivity contribution is 7.17. The molecule has 3 heterocycles. The average molecular weight is 328 g/mol. The Morgan fingerprint density at radius 3 is 3.00 bits per heavy atom. The van der Waals surface area contributed by atoms with Gasteiger partial charge in [-0.1, -0.05) is 0 Å². The standard InChI is InChI=1S/C17H20N4OS/c1-11-4-6-18-13(8-11)9-12(2)21(3)10-15-19-14-5-7-23-16(14)17(22)20-15/h4-8,12H,9-10H2,1-3H3,(H,19,20,22)/t12-/m1/s1. The van der Waals surface area contributed by atoms with Gasteiger partial charge in [-0.05, 0) is 50.0 Å². The molecule has 0 aliphatic carbocycles. The van der Waals surface area contributed by atoms with Crippen molar-refractivity contribution in [3.8, 4) is 0 Å². The van der Waals surface area contributed by atoms with Crippen LogP contribution in [-0.2, 0) is 13.0 Å². The van der Waals surface area contributed by atoms with E-state index in [1.807, 2.05) is 30.8 Å². The van der Waals surface area contributed by atoms with Crippen molar-refractivity contribution in [2.75, 3.05) is 7.05 Å². The highest BCUT2D eigenvalue weighted by Crippen LogP contribution is 2.15. The number of aromatic amines is 1. The second kappa shape index (κ2) is 6.60. The van der Waals surface area contributed by atoms with Crippen molar-refractivity contribution in [2.45, 2.75) is 32.9 Å². The first-order valence-corrected chi connectivity index (χ1v) is 8.49. The smallest absolute Gasteiger partial charge is 0.268 e. The van der Waals surface area contributed by atoms with Crippen LogP contribution in [0.5, 0.6) is 0 Å². The van der Waals surface area contributed by atoms with Crippen LogP contribution in [-0.4, -0.2) is 32.9 Å². The Labute approximate surface area is 139 Å². The zero-order valence-corrected chi connectivity index (χ0v) is 14.4. The molecule has 3 aromatic heterocycles. The first-order valence-electron chi connectivity index (χ1n) is 7.61. The van der Waals surface area contributed by atoms with Crippen LogP contribution < -0.4 is 5.56 Å². The molecule has 0 spiro atoms. The van der Waals surface area contributed by atoms with E-state index in [9.17, 15) is 4.79 Å². The third-order valence-electron chi connectivity index (χ3n) is 3.99. The van der Waals surface area contributed by atoms with Gasteiger partial charge in [-0.15, -0.1) is 11.3 Å². The Hall–Kier alpha value is -2.05. The number of pyridine rings is 1. The third kappa shape index (κ3) is 3.65. The summed E-state index contributed by atoms with van der Waals surface area (Å²) in [6, 6.07) is 6.30. The van der Waals surface area contributed by atoms with Crippen molar-refractivity contribution in [1.29, 1.82) is 0 Å². The summed E-state index contributed by atoms with van der Waals surface area (Å²) in [6.45, 7) is 4.84. The van der Waals surface area contributed by atoms with Gasteiger partial charge in [-0.2, -0.15) is 0 Å². The number of H-pyrrole nitrogens is 1. The molecule has 0 unspecified atom stereocenters. The summed E-state index contributed by atoms with van der Waals surface area (Å²) in [5.41, 5.74) is 3.02. The molecule has 0 aliphatic rings. The van der Waals surface area contributed by atoms with Crippen LogP contribution >= 0.6 is 11.3 Å². The number of thiophene rings is 1. The number of rotatable bonds is 5. The van der Waals surface area contributed by atoms with Crippen LogP contribution in [0.1, 0.15) is 24.0 Å². The maximum Gasteiger partial charge on any atom is 0.268 e. The molecular weight excluding hydrogens is 308 g/mol. The minimum atomic E-state index is -0.0543. The number of aromatic nitrogens is 3. The predicted molar refractivity (Wildman–Crippen MR) is 93.8 cm³/mol. The molecule has 3 rings (SSSR count). The van der Waals surface area contributed by atoms with Crippen LogP contribution in [0.2, 0.25) is 0 Å². The maximum atomic E-state index is 12.0. The van der Waals surface area contributed by atoms with Gasteiger partial charge < -0.3 is 4.98 Å². The summed E-state index contributed by atoms with van der Waals surface area (Å²) in [5.74, 6) is 0.701. The van der Waals surface area contributed by atoms with E-state index in [-0.39, 0.29) is 5.56 Å². The molecule has 0 radical (unpaired) electrons. The largest absolute Gasteiger partial charge is 0.308 e. The molecule has 1 N–H and O–H groups in total. The van der Waals surface area contributed by atoms with E-state index in [0.717, 1.165) is 17.6 Å². The minimum Gasteiger partial charge on any atom is -0.308 e. The molecule has 0 saturated heterocycles. The van der Waals surface area contributed by atoms with Gasteiger partial charge in [0.2, 0.25) is 0 Å². The van der Waals surface area contributed by atoms with Gasteiger partial charge in [0.25, 0.3) is 5.56 Å². The number of likely N-dealkylation sites (N-methyl/N-ethyl adjacent to an activating group) is 1. The molecule has 23 heavy (non-hydrogen) atoms. The van der Waals surface area contributed by atoms with Crippen LogP contribution in [0.25, 0.3) is 10.2 Å². The van der Waals surface area contributed by atoms with Gasteiger partial charge >= 0.3 is 0 Å². The summed E-state index contributed by atoms with van der Waals surface area (Å²) >= 11 is 1.42. The van der Waals surface area contributed by atoms with E-state index >= 15 is 0 Å². The number of nitrogens with one attached hydrogen (secondary N) is 1. The molecule has 5 nitrogen and oxygen atoms in total. The third-order valence-corrected chi connectivity index (χ3v) is 4.89. The fourth-order valence-electron chi connectivity index (χ4n) is 2.56. The van der Waals surface area contributed by atoms with Crippen molar-refractivity contribution in [2.24, 2.45) is 0 Å². The van der Waals surface area contributed by atoms with Crippen molar-refractivity contribution < 1.29 is 0 Å².